The molecule has 0 saturated carbocycles. The van der Waals surface area contributed by atoms with E-state index in [-0.39, 0.29) is 29.1 Å². The normalized spacial score (nSPS) is 13.7. The van der Waals surface area contributed by atoms with Crippen molar-refractivity contribution in [3.8, 4) is 0 Å². The van der Waals surface area contributed by atoms with E-state index in [4.69, 9.17) is 15.9 Å². The fourth-order valence-corrected chi connectivity index (χ4v) is 2.21. The Hall–Kier alpha value is -2.93. The van der Waals surface area contributed by atoms with Gasteiger partial charge in [0, 0.05) is 5.69 Å². The summed E-state index contributed by atoms with van der Waals surface area (Å²) in [6.45, 7) is 0.113. The van der Waals surface area contributed by atoms with Crippen molar-refractivity contribution in [3.63, 3.8) is 0 Å². The second kappa shape index (κ2) is 4.57. The molecule has 3 rings (SSSR count). The van der Waals surface area contributed by atoms with E-state index < -0.39 is 17.7 Å². The number of rotatable bonds is 2. The molecule has 0 fully saturated rings. The number of nitrogens with zero attached hydrogens (tertiary/aromatic N) is 1. The molecule has 1 aliphatic rings. The molecule has 106 valence electrons. The molecule has 0 bridgehead atoms. The van der Waals surface area contributed by atoms with Gasteiger partial charge in [-0.15, -0.1) is 0 Å². The highest BCUT2D eigenvalue weighted by molar-refractivity contribution is 6.32. The molecule has 1 aliphatic heterocycles. The smallest absolute Gasteiger partial charge is 0.303 e. The van der Waals surface area contributed by atoms with Gasteiger partial charge >= 0.3 is 5.91 Å². The molecule has 4 N–H and O–H groups in total. The number of imide groups is 3. The van der Waals surface area contributed by atoms with Crippen molar-refractivity contribution in [1.82, 2.24) is 4.90 Å². The van der Waals surface area contributed by atoms with Gasteiger partial charge in [0.15, 0.2) is 5.76 Å². The Labute approximate surface area is 119 Å². The summed E-state index contributed by atoms with van der Waals surface area (Å²) < 4.78 is 5.18. The molecule has 0 unspecified atom stereocenters. The summed E-state index contributed by atoms with van der Waals surface area (Å²) >= 11 is 0. The Balaban J connectivity index is 2.02. The first kappa shape index (κ1) is 13.1. The lowest BCUT2D eigenvalue weighted by atomic mass is 10.1. The van der Waals surface area contributed by atoms with Gasteiger partial charge in [-0.25, -0.2) is 4.90 Å². The van der Waals surface area contributed by atoms with Crippen LogP contribution >= 0.6 is 0 Å². The van der Waals surface area contributed by atoms with E-state index in [0.29, 0.717) is 10.7 Å². The predicted octanol–water partition coefficient (Wildman–Crippen LogP) is 0.757. The summed E-state index contributed by atoms with van der Waals surface area (Å²) in [6, 6.07) is 7.38. The van der Waals surface area contributed by atoms with E-state index >= 15 is 0 Å². The fraction of sp³-hybridized carbons (Fsp3) is 0.0714. The number of nitrogen functional groups attached to an aromatic ring is 1. The maximum absolute atomic E-state index is 12.3. The highest BCUT2D eigenvalue weighted by Crippen LogP contribution is 2.28. The van der Waals surface area contributed by atoms with Gasteiger partial charge in [-0.05, 0) is 24.3 Å². The number of nitrogens with two attached hydrogens (primary N) is 2. The van der Waals surface area contributed by atoms with Crippen LogP contribution in [0.25, 0.3) is 0 Å². The van der Waals surface area contributed by atoms with E-state index in [1.807, 2.05) is 0 Å². The third-order valence-corrected chi connectivity index (χ3v) is 3.22. The Morgan fingerprint density at radius 1 is 1.14 bits per heavy atom. The van der Waals surface area contributed by atoms with E-state index in [0.717, 1.165) is 0 Å². The molecular formula is C14H11N3O4. The SMILES string of the molecule is NCc1ccc(C(=O)N2C(=O)c3cccc(N)c3C2=O)o1. The summed E-state index contributed by atoms with van der Waals surface area (Å²) in [6.07, 6.45) is 0. The second-order valence-electron chi connectivity index (χ2n) is 4.49. The lowest BCUT2D eigenvalue weighted by molar-refractivity contribution is 0.0550. The van der Waals surface area contributed by atoms with Crippen LogP contribution in [-0.2, 0) is 6.54 Å². The minimum atomic E-state index is -0.833. The van der Waals surface area contributed by atoms with Gasteiger partial charge in [-0.3, -0.25) is 14.4 Å². The van der Waals surface area contributed by atoms with Crippen molar-refractivity contribution in [2.45, 2.75) is 6.54 Å². The number of furan rings is 1. The molecule has 1 aromatic heterocycles. The van der Waals surface area contributed by atoms with Gasteiger partial charge in [0.05, 0.1) is 17.7 Å². The minimum Gasteiger partial charge on any atom is -0.455 e. The Morgan fingerprint density at radius 3 is 2.52 bits per heavy atom. The maximum Gasteiger partial charge on any atom is 0.303 e. The number of amides is 3. The zero-order valence-corrected chi connectivity index (χ0v) is 10.8. The molecular weight excluding hydrogens is 274 g/mol. The number of fused-ring (bicyclic) bond motifs is 1. The number of carbonyl (C=O) groups is 3. The largest absolute Gasteiger partial charge is 0.455 e. The van der Waals surface area contributed by atoms with Crippen LogP contribution in [0.5, 0.6) is 0 Å². The van der Waals surface area contributed by atoms with Crippen molar-refractivity contribution in [1.29, 1.82) is 0 Å². The van der Waals surface area contributed by atoms with Crippen LogP contribution in [0.1, 0.15) is 37.0 Å². The first-order valence-electron chi connectivity index (χ1n) is 6.15. The van der Waals surface area contributed by atoms with Crippen LogP contribution in [0.2, 0.25) is 0 Å². The molecule has 0 radical (unpaired) electrons. The van der Waals surface area contributed by atoms with Crippen molar-refractivity contribution < 1.29 is 18.8 Å². The van der Waals surface area contributed by atoms with Crippen LogP contribution in [0.15, 0.2) is 34.7 Å². The first-order chi connectivity index (χ1) is 10.0. The fourth-order valence-electron chi connectivity index (χ4n) is 2.21. The molecule has 21 heavy (non-hydrogen) atoms. The lowest BCUT2D eigenvalue weighted by Crippen LogP contribution is -2.36. The molecule has 0 aliphatic carbocycles. The topological polar surface area (TPSA) is 120 Å². The summed E-state index contributed by atoms with van der Waals surface area (Å²) in [7, 11) is 0. The lowest BCUT2D eigenvalue weighted by Gasteiger charge is -2.09. The van der Waals surface area contributed by atoms with Crippen molar-refractivity contribution >= 4 is 23.4 Å². The molecule has 1 aromatic carbocycles. The van der Waals surface area contributed by atoms with Crippen molar-refractivity contribution in [2.24, 2.45) is 5.73 Å². The third kappa shape index (κ3) is 1.83. The summed E-state index contributed by atoms with van der Waals surface area (Å²) in [4.78, 5) is 37.3. The number of anilines is 1. The average Bonchev–Trinajstić information content (AvgIpc) is 3.04. The molecule has 7 heteroatoms. The van der Waals surface area contributed by atoms with Gasteiger partial charge in [-0.2, -0.15) is 0 Å². The maximum atomic E-state index is 12.3. The Bertz CT molecular complexity index is 778. The van der Waals surface area contributed by atoms with Gasteiger partial charge < -0.3 is 15.9 Å². The first-order valence-corrected chi connectivity index (χ1v) is 6.15. The molecule has 2 aromatic rings. The van der Waals surface area contributed by atoms with Crippen LogP contribution in [0, 0.1) is 0 Å². The Kier molecular flexibility index (Phi) is 2.84. The van der Waals surface area contributed by atoms with Crippen LogP contribution in [-0.4, -0.2) is 22.6 Å². The summed E-state index contributed by atoms with van der Waals surface area (Å²) in [5.74, 6) is -2.03. The molecule has 0 spiro atoms. The van der Waals surface area contributed by atoms with Crippen molar-refractivity contribution in [3.05, 3.63) is 53.0 Å². The Morgan fingerprint density at radius 2 is 1.90 bits per heavy atom. The molecule has 0 saturated heterocycles. The molecule has 2 heterocycles. The van der Waals surface area contributed by atoms with E-state index in [9.17, 15) is 14.4 Å². The predicted molar refractivity (Wildman–Crippen MR) is 72.3 cm³/mol. The third-order valence-electron chi connectivity index (χ3n) is 3.22. The van der Waals surface area contributed by atoms with Crippen LogP contribution < -0.4 is 11.5 Å². The number of carbonyl (C=O) groups excluding carboxylic acids is 3. The second-order valence-corrected chi connectivity index (χ2v) is 4.49. The standard InChI is InChI=1S/C14H11N3O4/c15-6-7-4-5-10(21-7)13(19)17-12(18)8-2-1-3-9(16)11(8)14(17)20/h1-5H,6,15-16H2. The van der Waals surface area contributed by atoms with Crippen LogP contribution in [0.4, 0.5) is 5.69 Å². The van der Waals surface area contributed by atoms with Gasteiger partial charge in [0.25, 0.3) is 11.8 Å². The number of benzene rings is 1. The number of hydrogen-bond donors (Lipinski definition) is 2. The average molecular weight is 285 g/mol. The molecule has 0 atom stereocenters. The van der Waals surface area contributed by atoms with Crippen LogP contribution in [0.3, 0.4) is 0 Å². The molecule has 7 nitrogen and oxygen atoms in total. The van der Waals surface area contributed by atoms with Gasteiger partial charge in [0.2, 0.25) is 0 Å². The minimum absolute atomic E-state index is 0.0430. The van der Waals surface area contributed by atoms with E-state index in [1.54, 1.807) is 6.07 Å². The zero-order chi connectivity index (χ0) is 15.1. The highest BCUT2D eigenvalue weighted by atomic mass is 16.4. The summed E-state index contributed by atoms with van der Waals surface area (Å²) in [5, 5.41) is 0. The van der Waals surface area contributed by atoms with E-state index in [2.05, 4.69) is 0 Å². The number of hydrogen-bond acceptors (Lipinski definition) is 6. The monoisotopic (exact) mass is 285 g/mol. The van der Waals surface area contributed by atoms with Crippen molar-refractivity contribution in [2.75, 3.05) is 5.73 Å². The van der Waals surface area contributed by atoms with E-state index in [1.165, 1.54) is 24.3 Å². The van der Waals surface area contributed by atoms with Gasteiger partial charge in [-0.1, -0.05) is 6.07 Å². The summed E-state index contributed by atoms with van der Waals surface area (Å²) in [5.41, 5.74) is 11.4. The molecule has 3 amide bonds. The quantitative estimate of drug-likeness (QED) is 0.620. The zero-order valence-electron chi connectivity index (χ0n) is 10.8. The van der Waals surface area contributed by atoms with Gasteiger partial charge in [0.1, 0.15) is 5.76 Å². The highest BCUT2D eigenvalue weighted by Gasteiger charge is 2.42.